The Morgan fingerprint density at radius 2 is 1.61 bits per heavy atom. The third kappa shape index (κ3) is 7.76. The van der Waals surface area contributed by atoms with Crippen LogP contribution in [0.5, 0.6) is 5.75 Å². The molecule has 0 fully saturated rings. The van der Waals surface area contributed by atoms with Crippen LogP contribution in [0.3, 0.4) is 0 Å². The minimum atomic E-state index is -0.483. The van der Waals surface area contributed by atoms with Crippen LogP contribution in [0.2, 0.25) is 0 Å². The first-order valence-electron chi connectivity index (χ1n) is 14.2. The number of benzene rings is 4. The third-order valence-corrected chi connectivity index (χ3v) is 7.75. The molecule has 9 heteroatoms. The minimum absolute atomic E-state index is 0.0877. The van der Waals surface area contributed by atoms with Crippen molar-refractivity contribution >= 4 is 57.8 Å². The predicted octanol–water partition coefficient (Wildman–Crippen LogP) is 7.10. The smallest absolute Gasteiger partial charge is 0.272 e. The lowest BCUT2D eigenvalue weighted by Gasteiger charge is -2.14. The van der Waals surface area contributed by atoms with Crippen LogP contribution in [0.4, 0.5) is 11.4 Å². The van der Waals surface area contributed by atoms with E-state index >= 15 is 0 Å². The highest BCUT2D eigenvalue weighted by Gasteiger charge is 2.18. The molecular weight excluding hydrogens is 572 g/mol. The number of carbonyl (C=O) groups excluding carboxylic acids is 3. The largest absolute Gasteiger partial charge is 0.494 e. The molecule has 5 rings (SSSR count). The molecule has 4 N–H and O–H groups in total. The number of aromatic amines is 1. The van der Waals surface area contributed by atoms with E-state index in [1.807, 2.05) is 62.4 Å². The molecule has 222 valence electrons. The van der Waals surface area contributed by atoms with Crippen molar-refractivity contribution < 1.29 is 19.1 Å². The zero-order chi connectivity index (χ0) is 30.9. The van der Waals surface area contributed by atoms with E-state index in [1.165, 1.54) is 11.8 Å². The Morgan fingerprint density at radius 3 is 2.39 bits per heavy atom. The number of para-hydroxylation sites is 1. The average molecular weight is 605 g/mol. The fraction of sp³-hybridized carbons (Fsp3) is 0.114. The number of hydrogen-bond donors (Lipinski definition) is 4. The summed E-state index contributed by atoms with van der Waals surface area (Å²) in [6.07, 6.45) is 3.45. The van der Waals surface area contributed by atoms with E-state index in [4.69, 9.17) is 4.74 Å². The second kappa shape index (κ2) is 14.3. The summed E-state index contributed by atoms with van der Waals surface area (Å²) >= 11 is 1.37. The van der Waals surface area contributed by atoms with Gasteiger partial charge in [0, 0.05) is 44.5 Å². The van der Waals surface area contributed by atoms with Crippen LogP contribution in [0, 0.1) is 0 Å². The number of thioether (sulfide) groups is 1. The standard InChI is InChI=1S/C35H32N4O4S/c1-3-43-28-18-16-26(17-19-28)37-33(40)23(2)44-29-13-9-12-27(21-29)38-35(42)32(39-34(41)24-10-5-4-6-11-24)20-25-22-36-31-15-8-7-14-30(25)31/h4-23,36H,3H2,1-2H3,(H,37,40)(H,38,42)(H,39,41)/b32-20-. The first kappa shape index (κ1) is 30.2. The number of anilines is 2. The van der Waals surface area contributed by atoms with Crippen molar-refractivity contribution in [2.75, 3.05) is 17.2 Å². The number of ether oxygens (including phenoxy) is 1. The third-order valence-electron chi connectivity index (χ3n) is 6.66. The SMILES string of the molecule is CCOc1ccc(NC(=O)C(C)Sc2cccc(NC(=O)/C(=C/c3c[nH]c4ccccc34)NC(=O)c3ccccc3)c2)cc1. The van der Waals surface area contributed by atoms with E-state index in [0.717, 1.165) is 27.1 Å². The van der Waals surface area contributed by atoms with Crippen molar-refractivity contribution in [3.8, 4) is 5.75 Å². The van der Waals surface area contributed by atoms with Gasteiger partial charge in [-0.25, -0.2) is 0 Å². The minimum Gasteiger partial charge on any atom is -0.494 e. The summed E-state index contributed by atoms with van der Waals surface area (Å²) in [4.78, 5) is 43.5. The summed E-state index contributed by atoms with van der Waals surface area (Å²) in [7, 11) is 0. The highest BCUT2D eigenvalue weighted by Crippen LogP contribution is 2.27. The summed E-state index contributed by atoms with van der Waals surface area (Å²) < 4.78 is 5.46. The second-order valence-corrected chi connectivity index (χ2v) is 11.3. The molecule has 1 heterocycles. The molecule has 4 aromatic carbocycles. The van der Waals surface area contributed by atoms with E-state index in [2.05, 4.69) is 20.9 Å². The first-order valence-corrected chi connectivity index (χ1v) is 15.0. The summed E-state index contributed by atoms with van der Waals surface area (Å²) in [6.45, 7) is 4.31. The quantitative estimate of drug-likeness (QED) is 0.0950. The number of aromatic nitrogens is 1. The molecule has 1 atom stereocenters. The zero-order valence-corrected chi connectivity index (χ0v) is 25.1. The lowest BCUT2D eigenvalue weighted by Crippen LogP contribution is -2.30. The van der Waals surface area contributed by atoms with Crippen LogP contribution in [0.1, 0.15) is 29.8 Å². The van der Waals surface area contributed by atoms with Crippen molar-refractivity contribution in [1.82, 2.24) is 10.3 Å². The van der Waals surface area contributed by atoms with Crippen molar-refractivity contribution in [2.24, 2.45) is 0 Å². The molecule has 0 spiro atoms. The van der Waals surface area contributed by atoms with Gasteiger partial charge in [0.1, 0.15) is 11.4 Å². The molecule has 0 aliphatic carbocycles. The molecule has 0 bridgehead atoms. The molecule has 1 unspecified atom stereocenters. The van der Waals surface area contributed by atoms with Gasteiger partial charge in [-0.15, -0.1) is 11.8 Å². The Balaban J connectivity index is 1.30. The summed E-state index contributed by atoms with van der Waals surface area (Å²) in [5.74, 6) is -0.293. The zero-order valence-electron chi connectivity index (χ0n) is 24.3. The van der Waals surface area contributed by atoms with Crippen molar-refractivity contribution in [3.63, 3.8) is 0 Å². The molecule has 0 radical (unpaired) electrons. The van der Waals surface area contributed by atoms with Gasteiger partial charge in [0.2, 0.25) is 5.91 Å². The van der Waals surface area contributed by atoms with E-state index in [1.54, 1.807) is 66.9 Å². The molecule has 0 saturated carbocycles. The Hall–Kier alpha value is -5.28. The summed E-state index contributed by atoms with van der Waals surface area (Å²) in [6, 6.07) is 30.9. The Kier molecular flexibility index (Phi) is 9.78. The molecule has 8 nitrogen and oxygen atoms in total. The topological polar surface area (TPSA) is 112 Å². The van der Waals surface area contributed by atoms with Gasteiger partial charge in [-0.1, -0.05) is 42.5 Å². The van der Waals surface area contributed by atoms with Gasteiger partial charge in [0.15, 0.2) is 0 Å². The second-order valence-electron chi connectivity index (χ2n) is 9.86. The Bertz CT molecular complexity index is 1800. The van der Waals surface area contributed by atoms with Gasteiger partial charge in [-0.2, -0.15) is 0 Å². The molecule has 44 heavy (non-hydrogen) atoms. The Labute approximate surface area is 259 Å². The average Bonchev–Trinajstić information content (AvgIpc) is 3.45. The van der Waals surface area contributed by atoms with Crippen molar-refractivity contribution in [3.05, 3.63) is 126 Å². The van der Waals surface area contributed by atoms with Gasteiger partial charge < -0.3 is 25.7 Å². The number of fused-ring (bicyclic) bond motifs is 1. The monoisotopic (exact) mass is 604 g/mol. The lowest BCUT2D eigenvalue weighted by molar-refractivity contribution is -0.115. The van der Waals surface area contributed by atoms with Crippen LogP contribution in [-0.2, 0) is 9.59 Å². The van der Waals surface area contributed by atoms with Gasteiger partial charge >= 0.3 is 0 Å². The molecule has 5 aromatic rings. The normalized spacial score (nSPS) is 11.9. The number of nitrogens with one attached hydrogen (secondary N) is 4. The van der Waals surface area contributed by atoms with E-state index in [0.29, 0.717) is 23.5 Å². The number of hydrogen-bond acceptors (Lipinski definition) is 5. The number of amides is 3. The summed E-state index contributed by atoms with van der Waals surface area (Å²) in [5.41, 5.74) is 3.40. The molecule has 0 saturated heterocycles. The molecule has 0 aliphatic rings. The maximum absolute atomic E-state index is 13.6. The molecule has 3 amide bonds. The van der Waals surface area contributed by atoms with Gasteiger partial charge in [-0.3, -0.25) is 14.4 Å². The van der Waals surface area contributed by atoms with Gasteiger partial charge in [0.25, 0.3) is 11.8 Å². The Morgan fingerprint density at radius 1 is 0.864 bits per heavy atom. The van der Waals surface area contributed by atoms with Crippen molar-refractivity contribution in [2.45, 2.75) is 24.0 Å². The molecular formula is C35H32N4O4S. The predicted molar refractivity (Wildman–Crippen MR) is 177 cm³/mol. The fourth-order valence-corrected chi connectivity index (χ4v) is 5.39. The lowest BCUT2D eigenvalue weighted by atomic mass is 10.1. The van der Waals surface area contributed by atoms with Crippen molar-refractivity contribution in [1.29, 1.82) is 0 Å². The van der Waals surface area contributed by atoms with Crippen LogP contribution in [-0.4, -0.2) is 34.6 Å². The van der Waals surface area contributed by atoms with Crippen LogP contribution in [0.25, 0.3) is 17.0 Å². The van der Waals surface area contributed by atoms with Crippen LogP contribution >= 0.6 is 11.8 Å². The maximum Gasteiger partial charge on any atom is 0.272 e. The van der Waals surface area contributed by atoms with Gasteiger partial charge in [0.05, 0.1) is 11.9 Å². The molecule has 1 aromatic heterocycles. The van der Waals surface area contributed by atoms with E-state index in [-0.39, 0.29) is 11.6 Å². The maximum atomic E-state index is 13.6. The summed E-state index contributed by atoms with van der Waals surface area (Å²) in [5, 5.41) is 9.12. The highest BCUT2D eigenvalue weighted by atomic mass is 32.2. The van der Waals surface area contributed by atoms with E-state index < -0.39 is 17.1 Å². The first-order chi connectivity index (χ1) is 21.4. The number of rotatable bonds is 11. The van der Waals surface area contributed by atoms with E-state index in [9.17, 15) is 14.4 Å². The highest BCUT2D eigenvalue weighted by molar-refractivity contribution is 8.00. The molecule has 0 aliphatic heterocycles. The number of carbonyl (C=O) groups is 3. The van der Waals surface area contributed by atoms with Crippen LogP contribution < -0.4 is 20.7 Å². The van der Waals surface area contributed by atoms with Gasteiger partial charge in [-0.05, 0) is 80.6 Å². The number of H-pyrrole nitrogens is 1. The fourth-order valence-electron chi connectivity index (χ4n) is 4.46. The van der Waals surface area contributed by atoms with Crippen LogP contribution in [0.15, 0.2) is 120 Å².